The summed E-state index contributed by atoms with van der Waals surface area (Å²) in [4.78, 5) is 24.8. The second kappa shape index (κ2) is 8.67. The number of aromatic nitrogens is 2. The molecule has 2 aromatic carbocycles. The first-order chi connectivity index (χ1) is 14.0. The molecule has 0 aliphatic rings. The largest absolute Gasteiger partial charge is 0.454 e. The monoisotopic (exact) mass is 386 g/mol. The predicted molar refractivity (Wildman–Crippen MR) is 107 cm³/mol. The smallest absolute Gasteiger partial charge is 0.342 e. The van der Waals surface area contributed by atoms with Gasteiger partial charge in [-0.25, -0.2) is 9.48 Å². The van der Waals surface area contributed by atoms with Gasteiger partial charge < -0.3 is 10.5 Å². The fourth-order valence-electron chi connectivity index (χ4n) is 2.70. The lowest BCUT2D eigenvalue weighted by molar-refractivity contribution is -0.118. The van der Waals surface area contributed by atoms with Gasteiger partial charge in [-0.2, -0.15) is 10.4 Å². The highest BCUT2D eigenvalue weighted by molar-refractivity contribution is 6.03. The maximum Gasteiger partial charge on any atom is 0.342 e. The molecule has 0 amide bonds. The van der Waals surface area contributed by atoms with Gasteiger partial charge in [0.05, 0.1) is 5.69 Å². The molecule has 0 saturated carbocycles. The summed E-state index contributed by atoms with van der Waals surface area (Å²) >= 11 is 0. The van der Waals surface area contributed by atoms with Crippen molar-refractivity contribution in [2.75, 3.05) is 6.61 Å². The number of nitriles is 1. The average molecular weight is 386 g/mol. The Bertz CT molecular complexity index is 1110. The maximum atomic E-state index is 12.7. The van der Waals surface area contributed by atoms with Crippen LogP contribution in [0.5, 0.6) is 0 Å². The van der Waals surface area contributed by atoms with Crippen molar-refractivity contribution < 1.29 is 14.3 Å². The lowest BCUT2D eigenvalue weighted by atomic mass is 10.1. The van der Waals surface area contributed by atoms with E-state index >= 15 is 0 Å². The number of ether oxygens (including phenoxy) is 1. The number of hydrogen-bond acceptors (Lipinski definition) is 6. The number of para-hydroxylation sites is 1. The number of benzene rings is 2. The van der Waals surface area contributed by atoms with E-state index in [-0.39, 0.29) is 16.8 Å². The quantitative estimate of drug-likeness (QED) is 0.396. The highest BCUT2D eigenvalue weighted by Crippen LogP contribution is 2.24. The number of rotatable bonds is 6. The zero-order valence-electron chi connectivity index (χ0n) is 15.7. The summed E-state index contributed by atoms with van der Waals surface area (Å²) in [5.41, 5.74) is 7.51. The lowest BCUT2D eigenvalue weighted by Crippen LogP contribution is -2.17. The molecular weight excluding hydrogens is 368 g/mol. The zero-order valence-corrected chi connectivity index (χ0v) is 15.7. The molecule has 2 N–H and O–H groups in total. The summed E-state index contributed by atoms with van der Waals surface area (Å²) in [6, 6.07) is 20.2. The number of ketones is 1. The summed E-state index contributed by atoms with van der Waals surface area (Å²) in [5.74, 6) is -1.37. The van der Waals surface area contributed by atoms with Crippen molar-refractivity contribution in [3.63, 3.8) is 0 Å². The number of carbonyl (C=O) groups excluding carboxylic acids is 2. The van der Waals surface area contributed by atoms with Gasteiger partial charge >= 0.3 is 5.97 Å². The Morgan fingerprint density at radius 3 is 2.31 bits per heavy atom. The summed E-state index contributed by atoms with van der Waals surface area (Å²) in [6.07, 6.45) is 1.56. The molecule has 7 heteroatoms. The first-order valence-electron chi connectivity index (χ1n) is 8.78. The molecular formula is C22H18N4O3. The van der Waals surface area contributed by atoms with E-state index in [0.29, 0.717) is 5.69 Å². The average Bonchev–Trinajstić information content (AvgIpc) is 3.19. The lowest BCUT2D eigenvalue weighted by Gasteiger charge is -2.05. The van der Waals surface area contributed by atoms with E-state index in [0.717, 1.165) is 11.3 Å². The van der Waals surface area contributed by atoms with E-state index in [2.05, 4.69) is 5.10 Å². The van der Waals surface area contributed by atoms with E-state index in [1.165, 1.54) is 6.92 Å². The molecule has 0 aliphatic heterocycles. The molecule has 0 bridgehead atoms. The fourth-order valence-corrected chi connectivity index (χ4v) is 2.70. The molecule has 144 valence electrons. The van der Waals surface area contributed by atoms with Crippen LogP contribution in [0, 0.1) is 11.3 Å². The van der Waals surface area contributed by atoms with E-state index < -0.39 is 18.4 Å². The third-order valence-electron chi connectivity index (χ3n) is 4.12. The van der Waals surface area contributed by atoms with Crippen LogP contribution in [0.15, 0.2) is 78.1 Å². The number of nitrogens with two attached hydrogens (primary N) is 1. The molecule has 1 aromatic heterocycles. The molecule has 0 aliphatic carbocycles. The van der Waals surface area contributed by atoms with Crippen molar-refractivity contribution in [1.82, 2.24) is 9.78 Å². The molecule has 0 radical (unpaired) electrons. The van der Waals surface area contributed by atoms with Crippen LogP contribution in [0.1, 0.15) is 17.3 Å². The number of carbonyl (C=O) groups is 2. The minimum atomic E-state index is -0.716. The molecule has 7 nitrogen and oxygen atoms in total. The van der Waals surface area contributed by atoms with E-state index in [4.69, 9.17) is 15.7 Å². The van der Waals surface area contributed by atoms with Gasteiger partial charge in [0, 0.05) is 17.5 Å². The second-order valence-electron chi connectivity index (χ2n) is 6.21. The third-order valence-corrected chi connectivity index (χ3v) is 4.12. The Labute approximate surface area is 167 Å². The van der Waals surface area contributed by atoms with Gasteiger partial charge in [-0.1, -0.05) is 48.5 Å². The summed E-state index contributed by atoms with van der Waals surface area (Å²) in [5, 5.41) is 13.5. The van der Waals surface area contributed by atoms with Gasteiger partial charge in [-0.05, 0) is 19.1 Å². The minimum absolute atomic E-state index is 0.0791. The van der Waals surface area contributed by atoms with E-state index in [1.54, 1.807) is 16.9 Å². The van der Waals surface area contributed by atoms with Crippen molar-refractivity contribution in [3.8, 4) is 23.0 Å². The molecule has 3 aromatic rings. The zero-order chi connectivity index (χ0) is 20.8. The number of nitrogens with zero attached hydrogens (tertiary/aromatic N) is 3. The highest BCUT2D eigenvalue weighted by atomic mass is 16.5. The van der Waals surface area contributed by atoms with E-state index in [1.807, 2.05) is 60.7 Å². The number of esters is 1. The fraction of sp³-hybridized carbons (Fsp3) is 0.0909. The van der Waals surface area contributed by atoms with Crippen LogP contribution in [0.25, 0.3) is 16.9 Å². The predicted octanol–water partition coefficient (Wildman–Crippen LogP) is 3.02. The van der Waals surface area contributed by atoms with Gasteiger partial charge in [-0.3, -0.25) is 4.79 Å². The van der Waals surface area contributed by atoms with Crippen LogP contribution in [0.3, 0.4) is 0 Å². The van der Waals surface area contributed by atoms with Crippen molar-refractivity contribution in [1.29, 1.82) is 5.26 Å². The number of Topliss-reactive ketones (excluding diaryl/α,β-unsaturated/α-hetero) is 1. The van der Waals surface area contributed by atoms with E-state index in [9.17, 15) is 9.59 Å². The van der Waals surface area contributed by atoms with Gasteiger partial charge in [-0.15, -0.1) is 0 Å². The Balaban J connectivity index is 1.92. The highest BCUT2D eigenvalue weighted by Gasteiger charge is 2.22. The van der Waals surface area contributed by atoms with Crippen LogP contribution >= 0.6 is 0 Å². The summed E-state index contributed by atoms with van der Waals surface area (Å²) < 4.78 is 6.73. The first-order valence-corrected chi connectivity index (χ1v) is 8.78. The molecule has 0 fully saturated rings. The topological polar surface area (TPSA) is 111 Å². The van der Waals surface area contributed by atoms with Crippen LogP contribution in [0.2, 0.25) is 0 Å². The number of hydrogen-bond donors (Lipinski definition) is 1. The van der Waals surface area contributed by atoms with Crippen LogP contribution in [-0.4, -0.2) is 28.1 Å². The summed E-state index contributed by atoms with van der Waals surface area (Å²) in [6.45, 7) is 0.858. The molecule has 0 spiro atoms. The van der Waals surface area contributed by atoms with Crippen molar-refractivity contribution >= 4 is 11.8 Å². The van der Waals surface area contributed by atoms with Gasteiger partial charge in [0.25, 0.3) is 0 Å². The molecule has 0 saturated heterocycles. The van der Waals surface area contributed by atoms with Gasteiger partial charge in [0.2, 0.25) is 5.78 Å². The van der Waals surface area contributed by atoms with Gasteiger partial charge in [0.15, 0.2) is 6.61 Å². The molecule has 0 atom stereocenters. The van der Waals surface area contributed by atoms with Crippen molar-refractivity contribution in [2.24, 2.45) is 5.73 Å². The van der Waals surface area contributed by atoms with Crippen LogP contribution in [-0.2, 0) is 9.53 Å². The maximum absolute atomic E-state index is 12.7. The third kappa shape index (κ3) is 4.39. The Kier molecular flexibility index (Phi) is 5.85. The Morgan fingerprint density at radius 2 is 1.72 bits per heavy atom. The molecule has 0 unspecified atom stereocenters. The standard InChI is InChI=1S/C22H18N4O3/c1-15(24)18(12-23)20(27)14-29-22(28)19-13-26(17-10-6-3-7-11-17)25-21(19)16-8-4-2-5-9-16/h2-11,13H,14,24H2,1H3. The Hall–Kier alpha value is -4.18. The Morgan fingerprint density at radius 1 is 1.10 bits per heavy atom. The summed E-state index contributed by atoms with van der Waals surface area (Å²) in [7, 11) is 0. The normalized spacial score (nSPS) is 11.3. The van der Waals surface area contributed by atoms with Crippen molar-refractivity contribution in [2.45, 2.75) is 6.92 Å². The first kappa shape index (κ1) is 19.6. The van der Waals surface area contributed by atoms with Crippen LogP contribution < -0.4 is 5.73 Å². The number of allylic oxidation sites excluding steroid dienone is 1. The molecule has 1 heterocycles. The van der Waals surface area contributed by atoms with Crippen molar-refractivity contribution in [3.05, 3.63) is 83.7 Å². The van der Waals surface area contributed by atoms with Gasteiger partial charge in [0.1, 0.15) is 22.9 Å². The minimum Gasteiger partial charge on any atom is -0.454 e. The van der Waals surface area contributed by atoms with Crippen LogP contribution in [0.4, 0.5) is 0 Å². The SMILES string of the molecule is CC(N)=C(C#N)C(=O)COC(=O)c1cn(-c2ccccc2)nc1-c1ccccc1. The second-order valence-corrected chi connectivity index (χ2v) is 6.21. The molecule has 3 rings (SSSR count). The molecule has 29 heavy (non-hydrogen) atoms.